The number of methoxy groups -OCH3 is 2. The molecule has 0 unspecified atom stereocenters. The highest BCUT2D eigenvalue weighted by Gasteiger charge is 2.30. The topological polar surface area (TPSA) is 122 Å². The summed E-state index contributed by atoms with van der Waals surface area (Å²) < 4.78 is 66.6. The van der Waals surface area contributed by atoms with Gasteiger partial charge in [0.05, 0.1) is 24.8 Å². The van der Waals surface area contributed by atoms with E-state index in [2.05, 4.69) is 5.32 Å². The van der Waals surface area contributed by atoms with E-state index in [-0.39, 0.29) is 26.9 Å². The minimum Gasteiger partial charge on any atom is -0.497 e. The van der Waals surface area contributed by atoms with Gasteiger partial charge in [-0.25, -0.2) is 16.8 Å². The van der Waals surface area contributed by atoms with E-state index in [1.165, 1.54) is 48.9 Å². The normalized spacial score (nSPS) is 14.4. The Labute approximate surface area is 229 Å². The number of rotatable bonds is 10. The van der Waals surface area contributed by atoms with E-state index in [0.29, 0.717) is 18.8 Å². The summed E-state index contributed by atoms with van der Waals surface area (Å²) in [6, 6.07) is 18.4. The Morgan fingerprint density at radius 2 is 1.54 bits per heavy atom. The van der Waals surface area contributed by atoms with Crippen LogP contribution in [0.25, 0.3) is 0 Å². The third-order valence-electron chi connectivity index (χ3n) is 6.36. The lowest BCUT2D eigenvalue weighted by molar-refractivity contribution is -0.114. The van der Waals surface area contributed by atoms with Crippen molar-refractivity contribution in [3.63, 3.8) is 0 Å². The lowest BCUT2D eigenvalue weighted by Crippen LogP contribution is -2.38. The molecule has 39 heavy (non-hydrogen) atoms. The Balaban J connectivity index is 1.63. The lowest BCUT2D eigenvalue weighted by atomic mass is 10.2. The first-order valence-corrected chi connectivity index (χ1v) is 15.2. The van der Waals surface area contributed by atoms with Crippen molar-refractivity contribution in [1.29, 1.82) is 0 Å². The summed E-state index contributed by atoms with van der Waals surface area (Å²) in [5.41, 5.74) is 0.459. The first-order valence-electron chi connectivity index (χ1n) is 12.4. The van der Waals surface area contributed by atoms with Crippen molar-refractivity contribution in [3.05, 3.63) is 72.8 Å². The maximum Gasteiger partial charge on any atom is 0.264 e. The Bertz CT molecular complexity index is 1500. The summed E-state index contributed by atoms with van der Waals surface area (Å²) in [7, 11) is -5.09. The number of hydrogen-bond acceptors (Lipinski definition) is 7. The second-order valence-corrected chi connectivity index (χ2v) is 12.7. The number of nitrogens with one attached hydrogen (secondary N) is 1. The smallest absolute Gasteiger partial charge is 0.264 e. The van der Waals surface area contributed by atoms with E-state index < -0.39 is 32.5 Å². The Kier molecular flexibility index (Phi) is 8.78. The van der Waals surface area contributed by atoms with Crippen molar-refractivity contribution < 1.29 is 31.1 Å². The summed E-state index contributed by atoms with van der Waals surface area (Å²) in [6.07, 6.45) is 2.51. The summed E-state index contributed by atoms with van der Waals surface area (Å²) >= 11 is 0. The largest absolute Gasteiger partial charge is 0.497 e. The molecule has 4 rings (SSSR count). The summed E-state index contributed by atoms with van der Waals surface area (Å²) in [5.74, 6) is 0.0304. The Morgan fingerprint density at radius 1 is 0.872 bits per heavy atom. The van der Waals surface area contributed by atoms with E-state index in [1.807, 2.05) is 0 Å². The predicted octanol–water partition coefficient (Wildman–Crippen LogP) is 3.71. The molecule has 0 aliphatic carbocycles. The van der Waals surface area contributed by atoms with Crippen LogP contribution in [0, 0.1) is 0 Å². The molecule has 1 aliphatic rings. The molecule has 0 radical (unpaired) electrons. The van der Waals surface area contributed by atoms with E-state index >= 15 is 0 Å². The molecule has 10 nitrogen and oxygen atoms in total. The van der Waals surface area contributed by atoms with E-state index in [9.17, 15) is 21.6 Å². The molecular weight excluding hydrogens is 542 g/mol. The van der Waals surface area contributed by atoms with Gasteiger partial charge in [0.25, 0.3) is 10.0 Å². The van der Waals surface area contributed by atoms with Crippen LogP contribution in [0.4, 0.5) is 11.4 Å². The van der Waals surface area contributed by atoms with E-state index in [1.54, 1.807) is 42.5 Å². The van der Waals surface area contributed by atoms with Gasteiger partial charge >= 0.3 is 0 Å². The van der Waals surface area contributed by atoms with Crippen LogP contribution in [0.15, 0.2) is 82.6 Å². The van der Waals surface area contributed by atoms with Gasteiger partial charge in [-0.05, 0) is 67.4 Å². The van der Waals surface area contributed by atoms with Gasteiger partial charge in [-0.15, -0.1) is 0 Å². The quantitative estimate of drug-likeness (QED) is 0.392. The molecule has 3 aromatic rings. The minimum atomic E-state index is -4.11. The first kappa shape index (κ1) is 28.4. The summed E-state index contributed by atoms with van der Waals surface area (Å²) in [6.45, 7) is 0.274. The molecule has 0 aromatic heterocycles. The molecular formula is C27H31N3O7S2. The van der Waals surface area contributed by atoms with Gasteiger partial charge in [0.1, 0.15) is 22.9 Å². The van der Waals surface area contributed by atoms with Gasteiger partial charge in [0.2, 0.25) is 15.9 Å². The zero-order valence-electron chi connectivity index (χ0n) is 21.7. The highest BCUT2D eigenvalue weighted by atomic mass is 32.2. The standard InChI is InChI=1S/C27H31N3O7S2/c1-36-23-14-12-22(13-15-23)30(38(32,33)24-9-5-3-6-10-24)20-27(31)28-21-11-16-25(37-2)26(19-21)39(34,35)29-17-7-4-8-18-29/h3,5-6,9-16,19H,4,7-8,17-18,20H2,1-2H3,(H,28,31). The Morgan fingerprint density at radius 3 is 2.15 bits per heavy atom. The second kappa shape index (κ2) is 12.1. The number of piperidine rings is 1. The van der Waals surface area contributed by atoms with Crippen molar-refractivity contribution in [1.82, 2.24) is 4.31 Å². The molecule has 0 saturated carbocycles. The van der Waals surface area contributed by atoms with E-state index in [4.69, 9.17) is 9.47 Å². The van der Waals surface area contributed by atoms with Gasteiger partial charge < -0.3 is 14.8 Å². The fraction of sp³-hybridized carbons (Fsp3) is 0.296. The molecule has 1 heterocycles. The first-order chi connectivity index (χ1) is 18.7. The van der Waals surface area contributed by atoms with Gasteiger partial charge in [-0.2, -0.15) is 4.31 Å². The number of carbonyl (C=O) groups is 1. The zero-order chi connectivity index (χ0) is 28.0. The third kappa shape index (κ3) is 6.35. The zero-order valence-corrected chi connectivity index (χ0v) is 23.4. The number of ether oxygens (including phenoxy) is 2. The molecule has 1 amide bonds. The second-order valence-electron chi connectivity index (χ2n) is 8.90. The lowest BCUT2D eigenvalue weighted by Gasteiger charge is -2.27. The van der Waals surface area contributed by atoms with Crippen LogP contribution in [0.2, 0.25) is 0 Å². The summed E-state index contributed by atoms with van der Waals surface area (Å²) in [4.78, 5) is 13.1. The number of hydrogen-bond donors (Lipinski definition) is 1. The highest BCUT2D eigenvalue weighted by Crippen LogP contribution is 2.31. The fourth-order valence-electron chi connectivity index (χ4n) is 4.31. The number of nitrogens with zero attached hydrogens (tertiary/aromatic N) is 2. The molecule has 3 aromatic carbocycles. The molecule has 1 N–H and O–H groups in total. The minimum absolute atomic E-state index is 0.0213. The molecule has 1 aliphatic heterocycles. The maximum absolute atomic E-state index is 13.5. The van der Waals surface area contributed by atoms with Gasteiger partial charge in [-0.3, -0.25) is 9.10 Å². The molecule has 208 valence electrons. The van der Waals surface area contributed by atoms with Crippen LogP contribution in [0.3, 0.4) is 0 Å². The maximum atomic E-state index is 13.5. The number of benzene rings is 3. The highest BCUT2D eigenvalue weighted by molar-refractivity contribution is 7.92. The van der Waals surface area contributed by atoms with Gasteiger partial charge in [0, 0.05) is 18.8 Å². The van der Waals surface area contributed by atoms with Crippen LogP contribution in [0.1, 0.15) is 19.3 Å². The van der Waals surface area contributed by atoms with Crippen LogP contribution in [0.5, 0.6) is 11.5 Å². The van der Waals surface area contributed by atoms with Crippen molar-refractivity contribution >= 4 is 37.3 Å². The van der Waals surface area contributed by atoms with Crippen LogP contribution >= 0.6 is 0 Å². The van der Waals surface area contributed by atoms with Crippen molar-refractivity contribution in [3.8, 4) is 11.5 Å². The van der Waals surface area contributed by atoms with Crippen LogP contribution < -0.4 is 19.1 Å². The fourth-order valence-corrected chi connectivity index (χ4v) is 7.46. The monoisotopic (exact) mass is 573 g/mol. The molecule has 1 fully saturated rings. The Hall–Kier alpha value is -3.61. The predicted molar refractivity (Wildman–Crippen MR) is 148 cm³/mol. The SMILES string of the molecule is COc1ccc(N(CC(=O)Nc2ccc(OC)c(S(=O)(=O)N3CCCCC3)c2)S(=O)(=O)c2ccccc2)cc1. The van der Waals surface area contributed by atoms with E-state index in [0.717, 1.165) is 23.6 Å². The molecule has 0 bridgehead atoms. The van der Waals surface area contributed by atoms with Crippen LogP contribution in [-0.4, -0.2) is 60.9 Å². The molecule has 1 saturated heterocycles. The number of anilines is 2. The van der Waals surface area contributed by atoms with Gasteiger partial charge in [0.15, 0.2) is 0 Å². The van der Waals surface area contributed by atoms with Crippen LogP contribution in [-0.2, 0) is 24.8 Å². The van der Waals surface area contributed by atoms with Crippen molar-refractivity contribution in [2.75, 3.05) is 43.5 Å². The average Bonchev–Trinajstić information content (AvgIpc) is 2.97. The number of carbonyl (C=O) groups excluding carboxylic acids is 1. The molecule has 0 atom stereocenters. The summed E-state index contributed by atoms with van der Waals surface area (Å²) in [5, 5.41) is 2.65. The third-order valence-corrected chi connectivity index (χ3v) is 10.1. The van der Waals surface area contributed by atoms with Crippen molar-refractivity contribution in [2.24, 2.45) is 0 Å². The average molecular weight is 574 g/mol. The molecule has 0 spiro atoms. The number of sulfonamides is 2. The number of amides is 1. The van der Waals surface area contributed by atoms with Crippen molar-refractivity contribution in [2.45, 2.75) is 29.1 Å². The van der Waals surface area contributed by atoms with Gasteiger partial charge in [-0.1, -0.05) is 24.6 Å². The molecule has 12 heteroatoms.